The highest BCUT2D eigenvalue weighted by Crippen LogP contribution is 2.32. The van der Waals surface area contributed by atoms with Gasteiger partial charge in [-0.15, -0.1) is 0 Å². The molecule has 1 aliphatic carbocycles. The first-order valence-electron chi connectivity index (χ1n) is 8.25. The van der Waals surface area contributed by atoms with Crippen LogP contribution in [-0.4, -0.2) is 60.5 Å². The maximum Gasteiger partial charge on any atom is 0.237 e. The highest BCUT2D eigenvalue weighted by atomic mass is 16.2. The molecule has 2 fully saturated rings. The third-order valence-corrected chi connectivity index (χ3v) is 5.03. The number of hydrogen-bond donors (Lipinski definition) is 1. The molecule has 1 saturated carbocycles. The van der Waals surface area contributed by atoms with E-state index in [-0.39, 0.29) is 5.91 Å². The van der Waals surface area contributed by atoms with Gasteiger partial charge in [0.2, 0.25) is 5.91 Å². The molecule has 0 radical (unpaired) electrons. The third kappa shape index (κ3) is 3.56. The Bertz CT molecular complexity index is 394. The van der Waals surface area contributed by atoms with Crippen molar-refractivity contribution in [3.8, 4) is 6.07 Å². The lowest BCUT2D eigenvalue weighted by molar-refractivity contribution is -0.137. The fourth-order valence-electron chi connectivity index (χ4n) is 3.39. The Kier molecular flexibility index (Phi) is 5.60. The van der Waals surface area contributed by atoms with Crippen LogP contribution in [0.2, 0.25) is 0 Å². The topological polar surface area (TPSA) is 59.4 Å². The summed E-state index contributed by atoms with van der Waals surface area (Å²) in [5.74, 6) is 0.0961. The van der Waals surface area contributed by atoms with Gasteiger partial charge >= 0.3 is 0 Å². The van der Waals surface area contributed by atoms with Crippen molar-refractivity contribution in [3.05, 3.63) is 0 Å². The summed E-state index contributed by atoms with van der Waals surface area (Å²) in [7, 11) is 1.82. The zero-order chi connectivity index (χ0) is 15.3. The fraction of sp³-hybridized carbons (Fsp3) is 0.875. The summed E-state index contributed by atoms with van der Waals surface area (Å²) in [6, 6.07) is 2.91. The summed E-state index contributed by atoms with van der Waals surface area (Å²) < 4.78 is 0. The maximum absolute atomic E-state index is 12.6. The molecule has 0 aromatic heterocycles. The number of rotatable bonds is 6. The smallest absolute Gasteiger partial charge is 0.237 e. The predicted octanol–water partition coefficient (Wildman–Crippen LogP) is 1.36. The molecule has 1 saturated heterocycles. The summed E-state index contributed by atoms with van der Waals surface area (Å²) in [5, 5.41) is 12.9. The Morgan fingerprint density at radius 2 is 2.00 bits per heavy atom. The zero-order valence-corrected chi connectivity index (χ0v) is 13.4. The Hall–Kier alpha value is -1.12. The summed E-state index contributed by atoms with van der Waals surface area (Å²) in [4.78, 5) is 16.7. The van der Waals surface area contributed by atoms with E-state index in [1.807, 2.05) is 7.05 Å². The summed E-state index contributed by atoms with van der Waals surface area (Å²) in [5.41, 5.74) is -0.564. The average Bonchev–Trinajstić information content (AvgIpc) is 2.45. The van der Waals surface area contributed by atoms with Crippen molar-refractivity contribution in [3.63, 3.8) is 0 Å². The van der Waals surface area contributed by atoms with Crippen LogP contribution in [0.15, 0.2) is 0 Å². The van der Waals surface area contributed by atoms with Gasteiger partial charge in [-0.05, 0) is 25.8 Å². The summed E-state index contributed by atoms with van der Waals surface area (Å²) >= 11 is 0. The van der Waals surface area contributed by atoms with Gasteiger partial charge in [-0.25, -0.2) is 0 Å². The Morgan fingerprint density at radius 1 is 1.33 bits per heavy atom. The predicted molar refractivity (Wildman–Crippen MR) is 82.7 cm³/mol. The van der Waals surface area contributed by atoms with Crippen LogP contribution in [0.4, 0.5) is 0 Å². The first-order valence-corrected chi connectivity index (χ1v) is 8.25. The molecule has 5 nitrogen and oxygen atoms in total. The van der Waals surface area contributed by atoms with Crippen molar-refractivity contribution in [1.29, 1.82) is 5.26 Å². The van der Waals surface area contributed by atoms with E-state index < -0.39 is 5.54 Å². The molecular formula is C16H28N4O. The largest absolute Gasteiger partial charge is 0.326 e. The van der Waals surface area contributed by atoms with Gasteiger partial charge in [0.25, 0.3) is 0 Å². The normalized spacial score (nSPS) is 21.6. The van der Waals surface area contributed by atoms with Crippen LogP contribution >= 0.6 is 0 Å². The molecule has 1 amide bonds. The number of carbonyl (C=O) groups is 1. The first kappa shape index (κ1) is 16.3. The van der Waals surface area contributed by atoms with E-state index in [1.54, 1.807) is 4.90 Å². The minimum absolute atomic E-state index is 0.0961. The number of likely N-dealkylation sites (N-methyl/N-ethyl adjacent to an activating group) is 1. The van der Waals surface area contributed by atoms with Gasteiger partial charge in [0, 0.05) is 26.2 Å². The molecule has 0 spiro atoms. The van der Waals surface area contributed by atoms with Crippen LogP contribution < -0.4 is 5.32 Å². The van der Waals surface area contributed by atoms with Crippen LogP contribution in [0.3, 0.4) is 0 Å². The molecule has 21 heavy (non-hydrogen) atoms. The number of nitrogens with one attached hydrogen (secondary N) is 1. The van der Waals surface area contributed by atoms with Crippen LogP contribution in [0.1, 0.15) is 45.4 Å². The minimum Gasteiger partial charge on any atom is -0.326 e. The van der Waals surface area contributed by atoms with Gasteiger partial charge in [0.1, 0.15) is 5.54 Å². The monoisotopic (exact) mass is 292 g/mol. The highest BCUT2D eigenvalue weighted by Gasteiger charge is 2.39. The molecule has 0 aromatic rings. The van der Waals surface area contributed by atoms with E-state index in [1.165, 1.54) is 6.42 Å². The molecule has 1 aliphatic heterocycles. The maximum atomic E-state index is 12.6. The van der Waals surface area contributed by atoms with Crippen molar-refractivity contribution in [1.82, 2.24) is 15.1 Å². The third-order valence-electron chi connectivity index (χ3n) is 5.03. The number of carbonyl (C=O) groups excluding carboxylic acids is 1. The molecule has 1 heterocycles. The van der Waals surface area contributed by atoms with E-state index in [9.17, 15) is 10.1 Å². The quantitative estimate of drug-likeness (QED) is 0.803. The van der Waals surface area contributed by atoms with E-state index in [2.05, 4.69) is 23.2 Å². The molecule has 0 atom stereocenters. The second kappa shape index (κ2) is 7.24. The molecule has 1 N–H and O–H groups in total. The lowest BCUT2D eigenvalue weighted by atomic mass is 9.81. The molecule has 118 valence electrons. The van der Waals surface area contributed by atoms with Crippen molar-refractivity contribution >= 4 is 5.91 Å². The number of hydrogen-bond acceptors (Lipinski definition) is 4. The molecule has 0 aromatic carbocycles. The van der Waals surface area contributed by atoms with Crippen molar-refractivity contribution in [2.75, 3.05) is 33.2 Å². The molecule has 2 aliphatic rings. The van der Waals surface area contributed by atoms with Crippen LogP contribution in [0.5, 0.6) is 0 Å². The zero-order valence-electron chi connectivity index (χ0n) is 13.4. The standard InChI is InChI=1S/C16H28N4O/c1-3-9-20(14-10-18-11-14)12-15(21)19(2)16(13-17)7-5-4-6-8-16/h14,18H,3-12H2,1-2H3. The van der Waals surface area contributed by atoms with Gasteiger partial charge in [-0.3, -0.25) is 9.69 Å². The molecule has 5 heteroatoms. The highest BCUT2D eigenvalue weighted by molar-refractivity contribution is 5.79. The number of amides is 1. The molecular weight excluding hydrogens is 264 g/mol. The van der Waals surface area contributed by atoms with Gasteiger partial charge < -0.3 is 10.2 Å². The second-order valence-corrected chi connectivity index (χ2v) is 6.44. The average molecular weight is 292 g/mol. The SMILES string of the molecule is CCCN(CC(=O)N(C)C1(C#N)CCCCC1)C1CNC1. The van der Waals surface area contributed by atoms with Crippen LogP contribution in [-0.2, 0) is 4.79 Å². The molecule has 0 unspecified atom stereocenters. The van der Waals surface area contributed by atoms with Gasteiger partial charge in [-0.2, -0.15) is 5.26 Å². The van der Waals surface area contributed by atoms with Gasteiger partial charge in [0.05, 0.1) is 12.6 Å². The van der Waals surface area contributed by atoms with Gasteiger partial charge in [-0.1, -0.05) is 26.2 Å². The fourth-order valence-corrected chi connectivity index (χ4v) is 3.39. The van der Waals surface area contributed by atoms with Gasteiger partial charge in [0.15, 0.2) is 0 Å². The summed E-state index contributed by atoms with van der Waals surface area (Å²) in [6.45, 7) is 5.48. The second-order valence-electron chi connectivity index (χ2n) is 6.44. The van der Waals surface area contributed by atoms with Crippen LogP contribution in [0, 0.1) is 11.3 Å². The van der Waals surface area contributed by atoms with E-state index in [4.69, 9.17) is 0 Å². The van der Waals surface area contributed by atoms with E-state index in [0.29, 0.717) is 12.6 Å². The minimum atomic E-state index is -0.564. The summed E-state index contributed by atoms with van der Waals surface area (Å²) in [6.07, 6.45) is 5.99. The Balaban J connectivity index is 1.98. The van der Waals surface area contributed by atoms with E-state index >= 15 is 0 Å². The first-order chi connectivity index (χ1) is 10.1. The molecule has 2 rings (SSSR count). The number of nitriles is 1. The van der Waals surface area contributed by atoms with Crippen LogP contribution in [0.25, 0.3) is 0 Å². The lowest BCUT2D eigenvalue weighted by Crippen LogP contribution is -2.60. The lowest BCUT2D eigenvalue weighted by Gasteiger charge is -2.42. The van der Waals surface area contributed by atoms with Crippen molar-refractivity contribution in [2.45, 2.75) is 57.0 Å². The number of nitrogens with zero attached hydrogens (tertiary/aromatic N) is 3. The molecule has 0 bridgehead atoms. The van der Waals surface area contributed by atoms with Crippen molar-refractivity contribution < 1.29 is 4.79 Å². The van der Waals surface area contributed by atoms with Crippen molar-refractivity contribution in [2.24, 2.45) is 0 Å². The Morgan fingerprint density at radius 3 is 2.48 bits per heavy atom. The van der Waals surface area contributed by atoms with E-state index in [0.717, 1.165) is 51.7 Å². The Labute approximate surface area is 128 Å².